The van der Waals surface area contributed by atoms with E-state index in [4.69, 9.17) is 0 Å². The molecule has 0 aromatic heterocycles. The third-order valence-corrected chi connectivity index (χ3v) is 6.08. The minimum atomic E-state index is -0.705. The SMILES string of the molecule is CCCCCCCCC(C(=O)O)c1ccc2ccc3cccc4ccc1c2c34. The van der Waals surface area contributed by atoms with Gasteiger partial charge in [0.05, 0.1) is 5.92 Å². The number of carboxylic acids is 1. The molecule has 28 heavy (non-hydrogen) atoms. The van der Waals surface area contributed by atoms with E-state index in [9.17, 15) is 9.90 Å². The molecule has 4 rings (SSSR count). The van der Waals surface area contributed by atoms with Crippen LogP contribution in [0, 0.1) is 0 Å². The lowest BCUT2D eigenvalue weighted by atomic mass is 9.85. The maximum Gasteiger partial charge on any atom is 0.310 e. The van der Waals surface area contributed by atoms with Gasteiger partial charge in [-0.05, 0) is 44.3 Å². The molecule has 0 bridgehead atoms. The van der Waals surface area contributed by atoms with Gasteiger partial charge >= 0.3 is 5.97 Å². The van der Waals surface area contributed by atoms with Crippen molar-refractivity contribution in [2.75, 3.05) is 0 Å². The highest BCUT2D eigenvalue weighted by Crippen LogP contribution is 2.39. The first-order valence-corrected chi connectivity index (χ1v) is 10.6. The first-order chi connectivity index (χ1) is 13.7. The lowest BCUT2D eigenvalue weighted by Crippen LogP contribution is -2.12. The maximum atomic E-state index is 12.1. The summed E-state index contributed by atoms with van der Waals surface area (Å²) < 4.78 is 0. The van der Waals surface area contributed by atoms with E-state index in [0.717, 1.165) is 23.8 Å². The molecule has 2 heteroatoms. The van der Waals surface area contributed by atoms with E-state index in [1.165, 1.54) is 52.6 Å². The number of rotatable bonds is 9. The second-order valence-corrected chi connectivity index (χ2v) is 7.96. The highest BCUT2D eigenvalue weighted by molar-refractivity contribution is 6.23. The zero-order chi connectivity index (χ0) is 19.5. The van der Waals surface area contributed by atoms with Gasteiger partial charge in [-0.1, -0.05) is 100 Å². The van der Waals surface area contributed by atoms with Gasteiger partial charge in [0.2, 0.25) is 0 Å². The average Bonchev–Trinajstić information content (AvgIpc) is 2.71. The van der Waals surface area contributed by atoms with Crippen molar-refractivity contribution >= 4 is 38.3 Å². The van der Waals surface area contributed by atoms with Gasteiger partial charge in [0.25, 0.3) is 0 Å². The Hall–Kier alpha value is -2.61. The minimum absolute atomic E-state index is 0.434. The molecule has 2 nitrogen and oxygen atoms in total. The summed E-state index contributed by atoms with van der Waals surface area (Å²) in [5, 5.41) is 17.1. The van der Waals surface area contributed by atoms with Gasteiger partial charge < -0.3 is 5.11 Å². The van der Waals surface area contributed by atoms with Crippen LogP contribution in [0.2, 0.25) is 0 Å². The van der Waals surface area contributed by atoms with Gasteiger partial charge in [-0.3, -0.25) is 4.79 Å². The summed E-state index contributed by atoms with van der Waals surface area (Å²) in [4.78, 5) is 12.1. The van der Waals surface area contributed by atoms with Crippen molar-refractivity contribution < 1.29 is 9.90 Å². The molecule has 1 N–H and O–H groups in total. The van der Waals surface area contributed by atoms with E-state index in [1.807, 2.05) is 6.07 Å². The smallest absolute Gasteiger partial charge is 0.310 e. The molecule has 0 aliphatic rings. The number of hydrogen-bond donors (Lipinski definition) is 1. The lowest BCUT2D eigenvalue weighted by Gasteiger charge is -2.18. The molecule has 0 aliphatic carbocycles. The number of benzene rings is 4. The molecule has 0 spiro atoms. The van der Waals surface area contributed by atoms with Crippen LogP contribution in [0.4, 0.5) is 0 Å². The predicted molar refractivity (Wildman–Crippen MR) is 119 cm³/mol. The Morgan fingerprint density at radius 1 is 0.786 bits per heavy atom. The van der Waals surface area contributed by atoms with Crippen LogP contribution in [0.5, 0.6) is 0 Å². The lowest BCUT2D eigenvalue weighted by molar-refractivity contribution is -0.139. The fourth-order valence-electron chi connectivity index (χ4n) is 4.60. The van der Waals surface area contributed by atoms with Crippen LogP contribution in [-0.2, 0) is 4.79 Å². The van der Waals surface area contributed by atoms with Gasteiger partial charge in [0, 0.05) is 0 Å². The van der Waals surface area contributed by atoms with Crippen LogP contribution < -0.4 is 0 Å². The molecule has 0 radical (unpaired) electrons. The zero-order valence-electron chi connectivity index (χ0n) is 16.6. The number of hydrogen-bond acceptors (Lipinski definition) is 1. The Balaban J connectivity index is 1.71. The summed E-state index contributed by atoms with van der Waals surface area (Å²) in [6.07, 6.45) is 7.78. The van der Waals surface area contributed by atoms with E-state index in [0.29, 0.717) is 6.42 Å². The standard InChI is InChI=1S/C26H28O2/c1-2-3-4-5-6-7-11-23(26(27)28)21-16-14-20-13-12-18-9-8-10-19-15-17-22(21)25(20)24(18)19/h8-10,12-17,23H,2-7,11H2,1H3,(H,27,28). The fraction of sp³-hybridized carbons (Fsp3) is 0.346. The van der Waals surface area contributed by atoms with Crippen molar-refractivity contribution in [3.63, 3.8) is 0 Å². The number of unbranched alkanes of at least 4 members (excludes halogenated alkanes) is 5. The topological polar surface area (TPSA) is 37.3 Å². The highest BCUT2D eigenvalue weighted by atomic mass is 16.4. The molecule has 144 valence electrons. The molecule has 0 amide bonds. The Morgan fingerprint density at radius 2 is 1.39 bits per heavy atom. The van der Waals surface area contributed by atoms with Gasteiger partial charge in [0.15, 0.2) is 0 Å². The quantitative estimate of drug-likeness (QED) is 0.244. The highest BCUT2D eigenvalue weighted by Gasteiger charge is 2.23. The van der Waals surface area contributed by atoms with E-state index >= 15 is 0 Å². The third-order valence-electron chi connectivity index (χ3n) is 6.08. The Bertz CT molecular complexity index is 1080. The zero-order valence-corrected chi connectivity index (χ0v) is 16.6. The molecule has 4 aromatic rings. The third kappa shape index (κ3) is 3.44. The first-order valence-electron chi connectivity index (χ1n) is 10.6. The van der Waals surface area contributed by atoms with E-state index in [-0.39, 0.29) is 0 Å². The van der Waals surface area contributed by atoms with E-state index < -0.39 is 11.9 Å². The summed E-state index contributed by atoms with van der Waals surface area (Å²) >= 11 is 0. The predicted octanol–water partition coefficient (Wildman–Crippen LogP) is 7.50. The molecule has 0 saturated heterocycles. The van der Waals surface area contributed by atoms with Crippen LogP contribution in [0.1, 0.15) is 63.4 Å². The van der Waals surface area contributed by atoms with Gasteiger partial charge in [-0.2, -0.15) is 0 Å². The molecule has 0 heterocycles. The Kier molecular flexibility index (Phi) is 5.47. The Labute approximate surface area is 166 Å². The number of aliphatic carboxylic acids is 1. The van der Waals surface area contributed by atoms with Crippen molar-refractivity contribution in [2.24, 2.45) is 0 Å². The maximum absolute atomic E-state index is 12.1. The van der Waals surface area contributed by atoms with Crippen molar-refractivity contribution in [1.29, 1.82) is 0 Å². The second-order valence-electron chi connectivity index (χ2n) is 7.96. The summed E-state index contributed by atoms with van der Waals surface area (Å²) in [7, 11) is 0. The average molecular weight is 373 g/mol. The summed E-state index contributed by atoms with van der Waals surface area (Å²) in [5.41, 5.74) is 0.965. The molecular formula is C26H28O2. The van der Waals surface area contributed by atoms with Gasteiger partial charge in [-0.25, -0.2) is 0 Å². The number of carbonyl (C=O) groups is 1. The largest absolute Gasteiger partial charge is 0.481 e. The van der Waals surface area contributed by atoms with Crippen molar-refractivity contribution in [1.82, 2.24) is 0 Å². The molecule has 4 aromatic carbocycles. The van der Waals surface area contributed by atoms with Crippen molar-refractivity contribution in [3.05, 3.63) is 60.2 Å². The minimum Gasteiger partial charge on any atom is -0.481 e. The van der Waals surface area contributed by atoms with Crippen LogP contribution >= 0.6 is 0 Å². The van der Waals surface area contributed by atoms with Gasteiger partial charge in [-0.15, -0.1) is 0 Å². The molecular weight excluding hydrogens is 344 g/mol. The molecule has 0 fully saturated rings. The molecule has 1 unspecified atom stereocenters. The van der Waals surface area contributed by atoms with E-state index in [1.54, 1.807) is 0 Å². The first kappa shape index (κ1) is 18.7. The fourth-order valence-corrected chi connectivity index (χ4v) is 4.60. The summed E-state index contributed by atoms with van der Waals surface area (Å²) in [6, 6.07) is 19.1. The number of carboxylic acid groups (broad SMARTS) is 1. The molecule has 1 atom stereocenters. The Morgan fingerprint density at radius 3 is 2.11 bits per heavy atom. The molecule has 0 saturated carbocycles. The van der Waals surface area contributed by atoms with Crippen molar-refractivity contribution in [2.45, 2.75) is 57.8 Å². The van der Waals surface area contributed by atoms with E-state index in [2.05, 4.69) is 55.5 Å². The van der Waals surface area contributed by atoms with Crippen molar-refractivity contribution in [3.8, 4) is 0 Å². The van der Waals surface area contributed by atoms with Gasteiger partial charge in [0.1, 0.15) is 0 Å². The second kappa shape index (κ2) is 8.18. The summed E-state index contributed by atoms with van der Waals surface area (Å²) in [6.45, 7) is 2.22. The van der Waals surface area contributed by atoms with Crippen LogP contribution in [0.25, 0.3) is 32.3 Å². The molecule has 0 aliphatic heterocycles. The monoisotopic (exact) mass is 372 g/mol. The summed E-state index contributed by atoms with van der Waals surface area (Å²) in [5.74, 6) is -1.14. The van der Waals surface area contributed by atoms with Crippen LogP contribution in [0.15, 0.2) is 54.6 Å². The normalized spacial score (nSPS) is 12.9. The van der Waals surface area contributed by atoms with Crippen LogP contribution in [-0.4, -0.2) is 11.1 Å². The van der Waals surface area contributed by atoms with Crippen LogP contribution in [0.3, 0.4) is 0 Å².